The Hall–Kier alpha value is -1.33. The Labute approximate surface area is 104 Å². The summed E-state index contributed by atoms with van der Waals surface area (Å²) >= 11 is 1.91. The lowest BCUT2D eigenvalue weighted by molar-refractivity contribution is 0.408. The summed E-state index contributed by atoms with van der Waals surface area (Å²) < 4.78 is 4.70. The summed E-state index contributed by atoms with van der Waals surface area (Å²) in [6, 6.07) is 9.01. The Bertz CT molecular complexity index is 486. The van der Waals surface area contributed by atoms with Gasteiger partial charge in [0.25, 0.3) is 0 Å². The van der Waals surface area contributed by atoms with E-state index in [1.54, 1.807) is 0 Å². The fraction of sp³-hybridized carbons (Fsp3) is 0.333. The Kier molecular flexibility index (Phi) is 3.11. The highest BCUT2D eigenvalue weighted by atomic mass is 32.2. The van der Waals surface area contributed by atoms with Crippen LogP contribution in [0.3, 0.4) is 0 Å². The van der Waals surface area contributed by atoms with Gasteiger partial charge in [-0.3, -0.25) is 0 Å². The first-order valence-corrected chi connectivity index (χ1v) is 6.62. The molecule has 1 aliphatic heterocycles. The van der Waals surface area contributed by atoms with Crippen LogP contribution in [0.4, 0.5) is 0 Å². The van der Waals surface area contributed by atoms with Crippen LogP contribution in [0.2, 0.25) is 0 Å². The lowest BCUT2D eigenvalue weighted by Gasteiger charge is -2.11. The molecule has 1 N–H and O–H groups in total. The molecule has 0 aliphatic carbocycles. The molecule has 0 saturated carbocycles. The third kappa shape index (κ3) is 2.35. The Morgan fingerprint density at radius 2 is 2.35 bits per heavy atom. The van der Waals surface area contributed by atoms with Gasteiger partial charge >= 0.3 is 0 Å². The van der Waals surface area contributed by atoms with E-state index in [0.717, 1.165) is 24.5 Å². The molecule has 3 rings (SSSR count). The van der Waals surface area contributed by atoms with Crippen molar-refractivity contribution in [2.75, 3.05) is 12.3 Å². The second-order valence-corrected chi connectivity index (χ2v) is 5.01. The van der Waals surface area contributed by atoms with Crippen molar-refractivity contribution in [1.82, 2.24) is 15.5 Å². The number of thioether (sulfide) groups is 1. The number of nitrogens with one attached hydrogen (secondary N) is 1. The van der Waals surface area contributed by atoms with Crippen LogP contribution >= 0.6 is 11.8 Å². The number of hydrogen-bond donors (Lipinski definition) is 1. The van der Waals surface area contributed by atoms with Gasteiger partial charge in [0.05, 0.1) is 0 Å². The van der Waals surface area contributed by atoms with Crippen molar-refractivity contribution in [3.63, 3.8) is 0 Å². The molecule has 0 amide bonds. The molecule has 0 spiro atoms. The summed E-state index contributed by atoms with van der Waals surface area (Å²) in [6.45, 7) is 0.874. The zero-order chi connectivity index (χ0) is 11.5. The Balaban J connectivity index is 1.57. The van der Waals surface area contributed by atoms with Crippen molar-refractivity contribution in [2.24, 2.45) is 0 Å². The second-order valence-electron chi connectivity index (χ2n) is 3.95. The first kappa shape index (κ1) is 10.8. The zero-order valence-corrected chi connectivity index (χ0v) is 10.1. The van der Waals surface area contributed by atoms with Crippen LogP contribution in [-0.2, 0) is 6.42 Å². The molecule has 2 aromatic rings. The fourth-order valence-corrected chi connectivity index (χ4v) is 3.19. The number of hydrogen-bond acceptors (Lipinski definition) is 5. The van der Waals surface area contributed by atoms with E-state index in [-0.39, 0.29) is 0 Å². The topological polar surface area (TPSA) is 51.0 Å². The molecular weight excluding hydrogens is 234 g/mol. The minimum atomic E-state index is 0.447. The van der Waals surface area contributed by atoms with Crippen LogP contribution in [0.1, 0.15) is 17.4 Å². The number of rotatable bonds is 4. The number of benzene rings is 1. The smallest absolute Gasteiger partial charge is 0.213 e. The van der Waals surface area contributed by atoms with Gasteiger partial charge in [-0.25, -0.2) is 0 Å². The van der Waals surface area contributed by atoms with E-state index in [2.05, 4.69) is 39.7 Å². The van der Waals surface area contributed by atoms with E-state index in [1.165, 1.54) is 16.9 Å². The maximum Gasteiger partial charge on any atom is 0.213 e. The molecule has 5 heteroatoms. The van der Waals surface area contributed by atoms with Crippen molar-refractivity contribution >= 4 is 11.8 Å². The quantitative estimate of drug-likeness (QED) is 0.896. The lowest BCUT2D eigenvalue weighted by Crippen LogP contribution is -2.23. The molecule has 0 saturated heterocycles. The van der Waals surface area contributed by atoms with Gasteiger partial charge in [0.1, 0.15) is 0 Å². The molecule has 0 radical (unpaired) electrons. The standard InChI is InChI=1S/C12H13N3OS/c1-2-4-11-9(3-1)10(7-17-11)13-6-5-12-14-8-16-15-12/h1-4,8,10,13H,5-7H2. The fourth-order valence-electron chi connectivity index (χ4n) is 1.99. The van der Waals surface area contributed by atoms with E-state index >= 15 is 0 Å². The van der Waals surface area contributed by atoms with Crippen LogP contribution < -0.4 is 5.32 Å². The molecule has 4 nitrogen and oxygen atoms in total. The van der Waals surface area contributed by atoms with Gasteiger partial charge in [0.15, 0.2) is 5.82 Å². The third-order valence-corrected chi connectivity index (χ3v) is 4.03. The normalized spacial score (nSPS) is 18.2. The van der Waals surface area contributed by atoms with Gasteiger partial charge in [-0.05, 0) is 11.6 Å². The van der Waals surface area contributed by atoms with Crippen LogP contribution in [-0.4, -0.2) is 22.4 Å². The van der Waals surface area contributed by atoms with Gasteiger partial charge in [0, 0.05) is 29.7 Å². The molecule has 1 aliphatic rings. The second kappa shape index (κ2) is 4.89. The van der Waals surface area contributed by atoms with Crippen molar-refractivity contribution in [1.29, 1.82) is 0 Å². The largest absolute Gasteiger partial charge is 0.343 e. The predicted octanol–water partition coefficient (Wildman–Crippen LogP) is 2.05. The number of aromatic nitrogens is 2. The van der Waals surface area contributed by atoms with Crippen molar-refractivity contribution < 1.29 is 4.52 Å². The molecule has 1 atom stereocenters. The van der Waals surface area contributed by atoms with Crippen molar-refractivity contribution in [2.45, 2.75) is 17.4 Å². The molecule has 88 valence electrons. The molecular formula is C12H13N3OS. The summed E-state index contributed by atoms with van der Waals surface area (Å²) in [7, 11) is 0. The van der Waals surface area contributed by atoms with Crippen LogP contribution in [0.25, 0.3) is 0 Å². The highest BCUT2D eigenvalue weighted by Gasteiger charge is 2.21. The first-order chi connectivity index (χ1) is 8.43. The predicted molar refractivity (Wildman–Crippen MR) is 65.9 cm³/mol. The Morgan fingerprint density at radius 1 is 1.41 bits per heavy atom. The molecule has 1 aromatic carbocycles. The monoisotopic (exact) mass is 247 g/mol. The van der Waals surface area contributed by atoms with Crippen molar-refractivity contribution in [3.05, 3.63) is 42.0 Å². The van der Waals surface area contributed by atoms with Gasteiger partial charge < -0.3 is 9.84 Å². The molecule has 0 bridgehead atoms. The molecule has 2 heterocycles. The summed E-state index contributed by atoms with van der Waals surface area (Å²) in [5, 5.41) is 7.33. The summed E-state index contributed by atoms with van der Waals surface area (Å²) in [5.41, 5.74) is 1.41. The summed E-state index contributed by atoms with van der Waals surface area (Å²) in [5.74, 6) is 1.86. The molecule has 1 unspecified atom stereocenters. The average molecular weight is 247 g/mol. The average Bonchev–Trinajstić information content (AvgIpc) is 2.99. The van der Waals surface area contributed by atoms with Crippen LogP contribution in [0.15, 0.2) is 40.1 Å². The van der Waals surface area contributed by atoms with Gasteiger partial charge in [-0.1, -0.05) is 23.4 Å². The van der Waals surface area contributed by atoms with Gasteiger partial charge in [0.2, 0.25) is 6.39 Å². The molecule has 1 aromatic heterocycles. The minimum Gasteiger partial charge on any atom is -0.343 e. The molecule has 0 fully saturated rings. The molecule has 17 heavy (non-hydrogen) atoms. The number of nitrogens with zero attached hydrogens (tertiary/aromatic N) is 2. The first-order valence-electron chi connectivity index (χ1n) is 5.64. The van der Waals surface area contributed by atoms with Gasteiger partial charge in [-0.15, -0.1) is 11.8 Å². The summed E-state index contributed by atoms with van der Waals surface area (Å²) in [6.07, 6.45) is 2.18. The highest BCUT2D eigenvalue weighted by Crippen LogP contribution is 2.37. The maximum atomic E-state index is 4.70. The highest BCUT2D eigenvalue weighted by molar-refractivity contribution is 7.99. The van der Waals surface area contributed by atoms with E-state index < -0.39 is 0 Å². The van der Waals surface area contributed by atoms with Gasteiger partial charge in [-0.2, -0.15) is 4.98 Å². The minimum absolute atomic E-state index is 0.447. The third-order valence-electron chi connectivity index (χ3n) is 2.85. The summed E-state index contributed by atoms with van der Waals surface area (Å²) in [4.78, 5) is 5.39. The van der Waals surface area contributed by atoms with E-state index in [0.29, 0.717) is 6.04 Å². The maximum absolute atomic E-state index is 4.70. The number of fused-ring (bicyclic) bond motifs is 1. The lowest BCUT2D eigenvalue weighted by atomic mass is 10.1. The van der Waals surface area contributed by atoms with Crippen LogP contribution in [0.5, 0.6) is 0 Å². The van der Waals surface area contributed by atoms with Crippen LogP contribution in [0, 0.1) is 0 Å². The SMILES string of the molecule is c1ccc2c(c1)SCC2NCCc1ncon1. The van der Waals surface area contributed by atoms with E-state index in [1.807, 2.05) is 11.8 Å². The van der Waals surface area contributed by atoms with Crippen molar-refractivity contribution in [3.8, 4) is 0 Å². The van der Waals surface area contributed by atoms with E-state index in [9.17, 15) is 0 Å². The Morgan fingerprint density at radius 3 is 3.24 bits per heavy atom. The van der Waals surface area contributed by atoms with E-state index in [4.69, 9.17) is 4.52 Å². The zero-order valence-electron chi connectivity index (χ0n) is 9.30.